The molecule has 1 aromatic heterocycles. The fraction of sp³-hybridized carbons (Fsp3) is 0.261. The molecular weight excluding hydrogens is 350 g/mol. The lowest BCUT2D eigenvalue weighted by Crippen LogP contribution is -2.22. The van der Waals surface area contributed by atoms with Gasteiger partial charge in [-0.25, -0.2) is 4.79 Å². The van der Waals surface area contributed by atoms with Crippen LogP contribution in [0.4, 0.5) is 0 Å². The van der Waals surface area contributed by atoms with Crippen LogP contribution in [-0.4, -0.2) is 36.1 Å². The van der Waals surface area contributed by atoms with Crippen molar-refractivity contribution in [1.82, 2.24) is 9.88 Å². The third-order valence-corrected chi connectivity index (χ3v) is 4.53. The third kappa shape index (κ3) is 4.19. The molecule has 0 N–H and O–H groups in total. The summed E-state index contributed by atoms with van der Waals surface area (Å²) in [6.07, 6.45) is 0.421. The van der Waals surface area contributed by atoms with Crippen LogP contribution in [0.15, 0.2) is 54.6 Å². The first-order valence-electron chi connectivity index (χ1n) is 9.35. The summed E-state index contributed by atoms with van der Waals surface area (Å²) in [5.41, 5.74) is 3.78. The Kier molecular flexibility index (Phi) is 6.36. The van der Waals surface area contributed by atoms with Crippen LogP contribution in [0.1, 0.15) is 29.4 Å². The van der Waals surface area contributed by atoms with Gasteiger partial charge < -0.3 is 4.74 Å². The summed E-state index contributed by atoms with van der Waals surface area (Å²) in [4.78, 5) is 19.8. The van der Waals surface area contributed by atoms with Crippen molar-refractivity contribution in [1.29, 1.82) is 5.26 Å². The van der Waals surface area contributed by atoms with Crippen molar-refractivity contribution in [2.24, 2.45) is 0 Å². The van der Waals surface area contributed by atoms with Crippen molar-refractivity contribution in [2.75, 3.05) is 20.2 Å². The first-order valence-corrected chi connectivity index (χ1v) is 9.35. The van der Waals surface area contributed by atoms with E-state index in [1.54, 1.807) is 6.92 Å². The number of carbonyl (C=O) groups excluding carboxylic acids is 1. The molecule has 3 rings (SSSR count). The average molecular weight is 373 g/mol. The maximum Gasteiger partial charge on any atom is 0.340 e. The average Bonchev–Trinajstić information content (AvgIpc) is 2.72. The van der Waals surface area contributed by atoms with Gasteiger partial charge >= 0.3 is 5.97 Å². The normalized spacial score (nSPS) is 10.8. The van der Waals surface area contributed by atoms with Gasteiger partial charge in [0.15, 0.2) is 0 Å². The van der Waals surface area contributed by atoms with Gasteiger partial charge in [-0.15, -0.1) is 0 Å². The van der Waals surface area contributed by atoms with Gasteiger partial charge in [0.25, 0.3) is 0 Å². The largest absolute Gasteiger partial charge is 0.462 e. The molecule has 0 spiro atoms. The van der Waals surface area contributed by atoms with Crippen molar-refractivity contribution in [2.45, 2.75) is 19.9 Å². The molecule has 0 radical (unpaired) electrons. The van der Waals surface area contributed by atoms with Gasteiger partial charge in [0.2, 0.25) is 0 Å². The summed E-state index contributed by atoms with van der Waals surface area (Å²) in [5.74, 6) is -0.372. The van der Waals surface area contributed by atoms with Crippen LogP contribution < -0.4 is 0 Å². The molecule has 5 nitrogen and oxygen atoms in total. The molecule has 5 heteroatoms. The highest BCUT2D eigenvalue weighted by Gasteiger charge is 2.23. The van der Waals surface area contributed by atoms with Gasteiger partial charge in [0.1, 0.15) is 0 Å². The fourth-order valence-electron chi connectivity index (χ4n) is 3.28. The van der Waals surface area contributed by atoms with Gasteiger partial charge in [0, 0.05) is 30.5 Å². The van der Waals surface area contributed by atoms with E-state index in [0.29, 0.717) is 37.4 Å². The van der Waals surface area contributed by atoms with Gasteiger partial charge in [-0.1, -0.05) is 48.5 Å². The lowest BCUT2D eigenvalue weighted by atomic mass is 9.94. The molecule has 2 aromatic carbocycles. The maximum absolute atomic E-state index is 13.0. The first kappa shape index (κ1) is 19.5. The molecule has 142 valence electrons. The van der Waals surface area contributed by atoms with Gasteiger partial charge in [-0.2, -0.15) is 5.26 Å². The highest BCUT2D eigenvalue weighted by Crippen LogP contribution is 2.34. The number of fused-ring (bicyclic) bond motifs is 1. The minimum Gasteiger partial charge on any atom is -0.462 e. The number of pyridine rings is 1. The second-order valence-electron chi connectivity index (χ2n) is 6.56. The van der Waals surface area contributed by atoms with Crippen molar-refractivity contribution < 1.29 is 9.53 Å². The zero-order chi connectivity index (χ0) is 19.9. The van der Waals surface area contributed by atoms with Crippen LogP contribution in [0.5, 0.6) is 0 Å². The second kappa shape index (κ2) is 9.12. The summed E-state index contributed by atoms with van der Waals surface area (Å²) >= 11 is 0. The van der Waals surface area contributed by atoms with Crippen molar-refractivity contribution >= 4 is 16.9 Å². The Morgan fingerprint density at radius 2 is 1.86 bits per heavy atom. The number of hydrogen-bond donors (Lipinski definition) is 0. The number of aromatic nitrogens is 1. The Morgan fingerprint density at radius 3 is 2.57 bits per heavy atom. The fourth-order valence-corrected chi connectivity index (χ4v) is 3.28. The van der Waals surface area contributed by atoms with Gasteiger partial charge in [-0.05, 0) is 25.6 Å². The van der Waals surface area contributed by atoms with Crippen molar-refractivity contribution in [3.63, 3.8) is 0 Å². The van der Waals surface area contributed by atoms with Gasteiger partial charge in [-0.3, -0.25) is 9.88 Å². The highest BCUT2D eigenvalue weighted by atomic mass is 16.5. The summed E-state index contributed by atoms with van der Waals surface area (Å²) in [6, 6.07) is 19.8. The van der Waals surface area contributed by atoms with Crippen molar-refractivity contribution in [3.8, 4) is 17.2 Å². The Bertz CT molecular complexity index is 1010. The van der Waals surface area contributed by atoms with Crippen LogP contribution in [0.25, 0.3) is 22.0 Å². The Morgan fingerprint density at radius 1 is 1.14 bits per heavy atom. The monoisotopic (exact) mass is 373 g/mol. The number of ether oxygens (including phenoxy) is 1. The predicted molar refractivity (Wildman–Crippen MR) is 110 cm³/mol. The van der Waals surface area contributed by atoms with E-state index in [1.165, 1.54) is 0 Å². The number of benzene rings is 2. The molecule has 0 amide bonds. The van der Waals surface area contributed by atoms with Gasteiger partial charge in [0.05, 0.1) is 29.5 Å². The quantitative estimate of drug-likeness (QED) is 0.574. The predicted octanol–water partition coefficient (Wildman–Crippen LogP) is 4.42. The number of carbonyl (C=O) groups is 1. The van der Waals surface area contributed by atoms with E-state index in [-0.39, 0.29) is 5.97 Å². The van der Waals surface area contributed by atoms with E-state index in [4.69, 9.17) is 15.0 Å². The Balaban J connectivity index is 2.25. The number of nitrogens with zero attached hydrogens (tertiary/aromatic N) is 3. The molecule has 0 fully saturated rings. The topological polar surface area (TPSA) is 66.2 Å². The highest BCUT2D eigenvalue weighted by molar-refractivity contribution is 6.07. The number of nitriles is 1. The molecule has 0 bridgehead atoms. The second-order valence-corrected chi connectivity index (χ2v) is 6.56. The van der Waals surface area contributed by atoms with Crippen LogP contribution in [0.3, 0.4) is 0 Å². The molecule has 0 saturated heterocycles. The van der Waals surface area contributed by atoms with Crippen LogP contribution >= 0.6 is 0 Å². The summed E-state index contributed by atoms with van der Waals surface area (Å²) < 4.78 is 5.39. The molecule has 1 heterocycles. The van der Waals surface area contributed by atoms with Crippen LogP contribution in [-0.2, 0) is 11.3 Å². The Hall–Kier alpha value is -3.23. The summed E-state index contributed by atoms with van der Waals surface area (Å²) in [5, 5.41) is 9.78. The minimum atomic E-state index is -0.372. The Labute approximate surface area is 165 Å². The van der Waals surface area contributed by atoms with E-state index in [0.717, 1.165) is 22.0 Å². The maximum atomic E-state index is 13.0. The zero-order valence-corrected chi connectivity index (χ0v) is 16.2. The molecule has 0 aliphatic heterocycles. The number of hydrogen-bond acceptors (Lipinski definition) is 5. The van der Waals surface area contributed by atoms with E-state index in [9.17, 15) is 4.79 Å². The number of rotatable bonds is 7. The van der Waals surface area contributed by atoms with E-state index >= 15 is 0 Å². The summed E-state index contributed by atoms with van der Waals surface area (Å²) in [7, 11) is 1.92. The van der Waals surface area contributed by atoms with Crippen LogP contribution in [0.2, 0.25) is 0 Å². The summed E-state index contributed by atoms with van der Waals surface area (Å²) in [6.45, 7) is 3.16. The number of para-hydroxylation sites is 1. The van der Waals surface area contributed by atoms with Crippen LogP contribution in [0, 0.1) is 11.3 Å². The van der Waals surface area contributed by atoms with Crippen molar-refractivity contribution in [3.05, 3.63) is 65.9 Å². The van der Waals surface area contributed by atoms with E-state index in [1.807, 2.05) is 66.5 Å². The minimum absolute atomic E-state index is 0.295. The van der Waals surface area contributed by atoms with E-state index in [2.05, 4.69) is 6.07 Å². The SMILES string of the molecule is CCOC(=O)c1c(CN(C)CCC#N)nc2ccccc2c1-c1ccccc1. The molecule has 0 saturated carbocycles. The molecule has 0 atom stereocenters. The zero-order valence-electron chi connectivity index (χ0n) is 16.2. The standard InChI is InChI=1S/C23H23N3O2/c1-3-28-23(27)22-20(16-26(2)15-9-14-24)25-19-13-8-7-12-18(19)21(22)17-10-5-4-6-11-17/h4-8,10-13H,3,9,15-16H2,1-2H3. The molecule has 3 aromatic rings. The van der Waals surface area contributed by atoms with E-state index < -0.39 is 0 Å². The lowest BCUT2D eigenvalue weighted by molar-refractivity contribution is 0.0524. The third-order valence-electron chi connectivity index (χ3n) is 4.53. The lowest BCUT2D eigenvalue weighted by Gasteiger charge is -2.20. The molecule has 28 heavy (non-hydrogen) atoms. The smallest absolute Gasteiger partial charge is 0.340 e. The number of esters is 1. The molecule has 0 aliphatic carbocycles. The first-order chi connectivity index (χ1) is 13.7. The molecule has 0 aliphatic rings. The molecular formula is C23H23N3O2. The molecule has 0 unspecified atom stereocenters.